The van der Waals surface area contributed by atoms with E-state index in [-0.39, 0.29) is 0 Å². The van der Waals surface area contributed by atoms with Crippen molar-refractivity contribution in [2.75, 3.05) is 19.6 Å². The molecule has 1 heterocycles. The number of rotatable bonds is 3. The third-order valence-electron chi connectivity index (χ3n) is 6.12. The second-order valence-corrected chi connectivity index (χ2v) is 7.71. The second kappa shape index (κ2) is 6.68. The minimum absolute atomic E-state index is 0.351. The van der Waals surface area contributed by atoms with Crippen molar-refractivity contribution in [3.05, 3.63) is 23.5 Å². The van der Waals surface area contributed by atoms with E-state index in [2.05, 4.69) is 11.5 Å². The summed E-state index contributed by atoms with van der Waals surface area (Å²) < 4.78 is 0. The summed E-state index contributed by atoms with van der Waals surface area (Å²) >= 11 is 0. The van der Waals surface area contributed by atoms with Crippen molar-refractivity contribution in [2.24, 2.45) is 27.8 Å². The second-order valence-electron chi connectivity index (χ2n) is 7.71. The predicted molar refractivity (Wildman–Crippen MR) is 96.9 cm³/mol. The zero-order chi connectivity index (χ0) is 16.4. The number of aliphatic imine (C=N–C) groups is 1. The lowest BCUT2D eigenvalue weighted by Crippen LogP contribution is -2.29. The molecular weight excluding hydrogens is 284 g/mol. The lowest BCUT2D eigenvalue weighted by Gasteiger charge is -2.39. The Morgan fingerprint density at radius 1 is 1.30 bits per heavy atom. The van der Waals surface area contributed by atoms with Gasteiger partial charge in [-0.2, -0.15) is 0 Å². The van der Waals surface area contributed by atoms with Crippen molar-refractivity contribution in [3.63, 3.8) is 0 Å². The van der Waals surface area contributed by atoms with E-state index in [1.165, 1.54) is 49.7 Å². The third kappa shape index (κ3) is 3.18. The number of nitrogens with two attached hydrogens (primary N) is 2. The number of likely N-dealkylation sites (tertiary alicyclic amines) is 1. The van der Waals surface area contributed by atoms with Gasteiger partial charge in [-0.15, -0.1) is 0 Å². The molecule has 1 aliphatic heterocycles. The molecule has 1 saturated heterocycles. The van der Waals surface area contributed by atoms with Crippen LogP contribution in [-0.2, 0) is 0 Å². The molecule has 0 bridgehead atoms. The first-order valence-electron chi connectivity index (χ1n) is 9.24. The molecule has 3 rings (SSSR count). The fraction of sp³-hybridized carbons (Fsp3) is 0.737. The van der Waals surface area contributed by atoms with Crippen LogP contribution < -0.4 is 11.5 Å². The normalized spacial score (nSPS) is 30.3. The maximum Gasteiger partial charge on any atom is 0.134 e. The maximum absolute atomic E-state index is 5.96. The molecule has 4 nitrogen and oxygen atoms in total. The van der Waals surface area contributed by atoms with Crippen molar-refractivity contribution in [1.82, 2.24) is 4.90 Å². The van der Waals surface area contributed by atoms with E-state index in [9.17, 15) is 0 Å². The Hall–Kier alpha value is -1.29. The van der Waals surface area contributed by atoms with Gasteiger partial charge in [-0.05, 0) is 74.5 Å². The Kier molecular flexibility index (Phi) is 4.81. The molecule has 0 aromatic rings. The molecule has 2 aliphatic carbocycles. The topological polar surface area (TPSA) is 67.6 Å². The van der Waals surface area contributed by atoms with Crippen LogP contribution in [0.5, 0.6) is 0 Å². The molecule has 3 aliphatic rings. The number of hydrogen-bond donors (Lipinski definition) is 2. The minimum atomic E-state index is 0.351. The van der Waals surface area contributed by atoms with Crippen LogP contribution in [0.2, 0.25) is 0 Å². The molecule has 0 aromatic heterocycles. The fourth-order valence-corrected chi connectivity index (χ4v) is 4.79. The van der Waals surface area contributed by atoms with Gasteiger partial charge in [-0.25, -0.2) is 4.99 Å². The minimum Gasteiger partial charge on any atom is -0.387 e. The highest BCUT2D eigenvalue weighted by molar-refractivity contribution is 5.78. The third-order valence-corrected chi connectivity index (χ3v) is 6.12. The highest BCUT2D eigenvalue weighted by atomic mass is 15.2. The monoisotopic (exact) mass is 316 g/mol. The van der Waals surface area contributed by atoms with Gasteiger partial charge >= 0.3 is 0 Å². The summed E-state index contributed by atoms with van der Waals surface area (Å²) in [6, 6.07) is 0. The van der Waals surface area contributed by atoms with E-state index >= 15 is 0 Å². The fourth-order valence-electron chi connectivity index (χ4n) is 4.79. The molecular formula is C19H32N4. The van der Waals surface area contributed by atoms with Crippen LogP contribution in [0.4, 0.5) is 0 Å². The van der Waals surface area contributed by atoms with Crippen LogP contribution >= 0.6 is 0 Å². The van der Waals surface area contributed by atoms with Crippen LogP contribution in [0, 0.1) is 11.3 Å². The van der Waals surface area contributed by atoms with Crippen molar-refractivity contribution in [2.45, 2.75) is 58.3 Å². The van der Waals surface area contributed by atoms with Gasteiger partial charge < -0.3 is 16.4 Å². The predicted octanol–water partition coefficient (Wildman–Crippen LogP) is 3.16. The first-order chi connectivity index (χ1) is 11.1. The molecule has 4 heteroatoms. The van der Waals surface area contributed by atoms with Crippen LogP contribution in [-0.4, -0.2) is 30.4 Å². The Labute approximate surface area is 140 Å². The summed E-state index contributed by atoms with van der Waals surface area (Å²) in [5.41, 5.74) is 14.9. The molecule has 0 radical (unpaired) electrons. The first-order valence-corrected chi connectivity index (χ1v) is 9.24. The van der Waals surface area contributed by atoms with E-state index in [4.69, 9.17) is 16.5 Å². The summed E-state index contributed by atoms with van der Waals surface area (Å²) in [7, 11) is 0. The van der Waals surface area contributed by atoms with E-state index in [1.54, 1.807) is 0 Å². The van der Waals surface area contributed by atoms with Gasteiger partial charge in [0.05, 0.1) is 5.84 Å². The highest BCUT2D eigenvalue weighted by Gasteiger charge is 2.41. The Morgan fingerprint density at radius 3 is 2.61 bits per heavy atom. The summed E-state index contributed by atoms with van der Waals surface area (Å²) in [6.45, 7) is 9.24. The average molecular weight is 316 g/mol. The molecule has 4 N–H and O–H groups in total. The number of allylic oxidation sites excluding steroid dienone is 2. The Bertz CT molecular complexity index is 521. The number of nitrogens with zero attached hydrogens (tertiary/aromatic N) is 2. The van der Waals surface area contributed by atoms with E-state index in [1.807, 2.05) is 6.92 Å². The quantitative estimate of drug-likeness (QED) is 0.621. The van der Waals surface area contributed by atoms with Gasteiger partial charge in [0, 0.05) is 13.1 Å². The average Bonchev–Trinajstić information content (AvgIpc) is 3.18. The summed E-state index contributed by atoms with van der Waals surface area (Å²) in [5.74, 6) is 2.32. The molecule has 1 atom stereocenters. The lowest BCUT2D eigenvalue weighted by molar-refractivity contribution is 0.302. The smallest absolute Gasteiger partial charge is 0.134 e. The van der Waals surface area contributed by atoms with Gasteiger partial charge in [0.15, 0.2) is 0 Å². The van der Waals surface area contributed by atoms with E-state index < -0.39 is 0 Å². The molecule has 0 aromatic carbocycles. The molecule has 2 saturated carbocycles. The Balaban J connectivity index is 1.95. The van der Waals surface area contributed by atoms with Crippen LogP contribution in [0.25, 0.3) is 0 Å². The van der Waals surface area contributed by atoms with Gasteiger partial charge in [0.2, 0.25) is 0 Å². The molecule has 3 fully saturated rings. The summed E-state index contributed by atoms with van der Waals surface area (Å²) in [4.78, 5) is 7.16. The molecule has 128 valence electrons. The van der Waals surface area contributed by atoms with E-state index in [0.29, 0.717) is 17.2 Å². The van der Waals surface area contributed by atoms with Gasteiger partial charge in [0.1, 0.15) is 5.82 Å². The number of amidine groups is 1. The summed E-state index contributed by atoms with van der Waals surface area (Å²) in [6.07, 6.45) is 10.1. The van der Waals surface area contributed by atoms with E-state index in [0.717, 1.165) is 38.3 Å². The van der Waals surface area contributed by atoms with Gasteiger partial charge in [-0.1, -0.05) is 19.4 Å². The molecule has 1 unspecified atom stereocenters. The van der Waals surface area contributed by atoms with Gasteiger partial charge in [0.25, 0.3) is 0 Å². The number of hydrogen-bond acceptors (Lipinski definition) is 3. The zero-order valence-electron chi connectivity index (χ0n) is 14.6. The van der Waals surface area contributed by atoms with Crippen LogP contribution in [0.3, 0.4) is 0 Å². The van der Waals surface area contributed by atoms with Crippen LogP contribution in [0.15, 0.2) is 28.5 Å². The standard InChI is InChI=1S/C19H32N4/c1-14-17(6-5-10-19(14)8-3-4-9-19)18(22-15(2)21)23-11-7-16(12-20)13-23/h16H,1,3-13,20H2,2H3,(H2,21,22)/b18-17+. The Morgan fingerprint density at radius 2 is 2.00 bits per heavy atom. The lowest BCUT2D eigenvalue weighted by atomic mass is 9.67. The summed E-state index contributed by atoms with van der Waals surface area (Å²) in [5, 5.41) is 0. The molecule has 23 heavy (non-hydrogen) atoms. The van der Waals surface area contributed by atoms with Crippen molar-refractivity contribution < 1.29 is 0 Å². The zero-order valence-corrected chi connectivity index (χ0v) is 14.6. The molecule has 1 spiro atoms. The first kappa shape index (κ1) is 16.6. The highest BCUT2D eigenvalue weighted by Crippen LogP contribution is 2.54. The van der Waals surface area contributed by atoms with Crippen molar-refractivity contribution >= 4 is 5.84 Å². The van der Waals surface area contributed by atoms with Crippen LogP contribution in [0.1, 0.15) is 58.3 Å². The van der Waals surface area contributed by atoms with Crippen molar-refractivity contribution in [3.8, 4) is 0 Å². The SMILES string of the molecule is C=C1/C(=C(\N=C(/C)N)N2CCC(CN)C2)CCCC12CCCC2. The van der Waals surface area contributed by atoms with Gasteiger partial charge in [-0.3, -0.25) is 0 Å². The maximum atomic E-state index is 5.96. The van der Waals surface area contributed by atoms with Crippen molar-refractivity contribution in [1.29, 1.82) is 0 Å². The largest absolute Gasteiger partial charge is 0.387 e. The molecule has 0 amide bonds.